The van der Waals surface area contributed by atoms with Gasteiger partial charge in [-0.1, -0.05) is 19.1 Å². The third-order valence-electron chi connectivity index (χ3n) is 3.68. The fraction of sp³-hybridized carbons (Fsp3) is 0.600. The number of anilines is 1. The molecule has 1 aromatic rings. The maximum atomic E-state index is 5.44. The van der Waals surface area contributed by atoms with Crippen molar-refractivity contribution in [1.29, 1.82) is 0 Å². The zero-order chi connectivity index (χ0) is 13.7. The minimum atomic E-state index is 0.668. The summed E-state index contributed by atoms with van der Waals surface area (Å²) >= 11 is 4.36. The van der Waals surface area contributed by atoms with Crippen LogP contribution in [0.4, 0.5) is 5.69 Å². The number of nitrogens with zero attached hydrogens (tertiary/aromatic N) is 2. The zero-order valence-electron chi connectivity index (χ0n) is 11.9. The summed E-state index contributed by atoms with van der Waals surface area (Å²) in [5.41, 5.74) is 1.21. The van der Waals surface area contributed by atoms with Crippen LogP contribution in [0, 0.1) is 5.92 Å². The molecule has 1 aliphatic heterocycles. The lowest BCUT2D eigenvalue weighted by Crippen LogP contribution is -2.47. The molecule has 1 saturated heterocycles. The summed E-state index contributed by atoms with van der Waals surface area (Å²) in [7, 11) is 1.74. The van der Waals surface area contributed by atoms with Gasteiger partial charge in [0.05, 0.1) is 12.8 Å². The summed E-state index contributed by atoms with van der Waals surface area (Å²) in [4.78, 5) is 4.95. The topological polar surface area (TPSA) is 15.7 Å². The van der Waals surface area contributed by atoms with Crippen LogP contribution in [0.2, 0.25) is 0 Å². The van der Waals surface area contributed by atoms with E-state index in [1.54, 1.807) is 7.11 Å². The minimum Gasteiger partial charge on any atom is -0.495 e. The molecule has 0 bridgehead atoms. The van der Waals surface area contributed by atoms with Crippen LogP contribution < -0.4 is 9.64 Å². The van der Waals surface area contributed by atoms with E-state index < -0.39 is 0 Å². The molecule has 0 spiro atoms. The molecule has 0 aliphatic carbocycles. The van der Waals surface area contributed by atoms with Gasteiger partial charge in [-0.3, -0.25) is 4.90 Å². The predicted octanol–water partition coefficient (Wildman–Crippen LogP) is 2.38. The molecule has 1 unspecified atom stereocenters. The Hall–Kier alpha value is -0.870. The van der Waals surface area contributed by atoms with Gasteiger partial charge in [-0.05, 0) is 23.8 Å². The van der Waals surface area contributed by atoms with E-state index in [4.69, 9.17) is 4.74 Å². The second kappa shape index (κ2) is 7.06. The molecule has 0 N–H and O–H groups in total. The lowest BCUT2D eigenvalue weighted by molar-refractivity contribution is 0.232. The average Bonchev–Trinajstić information content (AvgIpc) is 2.48. The predicted molar refractivity (Wildman–Crippen MR) is 84.7 cm³/mol. The van der Waals surface area contributed by atoms with Crippen molar-refractivity contribution in [3.63, 3.8) is 0 Å². The Morgan fingerprint density at radius 2 is 1.89 bits per heavy atom. The van der Waals surface area contributed by atoms with Crippen molar-refractivity contribution in [2.45, 2.75) is 6.92 Å². The molecule has 1 aliphatic rings. The highest BCUT2D eigenvalue weighted by atomic mass is 32.1. The molecule has 1 fully saturated rings. The summed E-state index contributed by atoms with van der Waals surface area (Å²) < 4.78 is 5.44. The van der Waals surface area contributed by atoms with Crippen LogP contribution in [0.1, 0.15) is 6.92 Å². The molecule has 1 aromatic carbocycles. The smallest absolute Gasteiger partial charge is 0.142 e. The number of piperazine rings is 1. The van der Waals surface area contributed by atoms with Gasteiger partial charge in [0.1, 0.15) is 5.75 Å². The van der Waals surface area contributed by atoms with Crippen molar-refractivity contribution < 1.29 is 4.74 Å². The van der Waals surface area contributed by atoms with Gasteiger partial charge in [-0.25, -0.2) is 0 Å². The van der Waals surface area contributed by atoms with Gasteiger partial charge in [0.2, 0.25) is 0 Å². The van der Waals surface area contributed by atoms with E-state index in [2.05, 4.69) is 41.5 Å². The first-order chi connectivity index (χ1) is 9.24. The Morgan fingerprint density at radius 1 is 1.21 bits per heavy atom. The second-order valence-corrected chi connectivity index (χ2v) is 5.61. The zero-order valence-corrected chi connectivity index (χ0v) is 12.8. The molecular formula is C15H24N2OS. The largest absolute Gasteiger partial charge is 0.495 e. The van der Waals surface area contributed by atoms with Gasteiger partial charge in [0.25, 0.3) is 0 Å². The SMILES string of the molecule is COc1ccccc1N1CCN(CC(C)CS)CC1. The summed E-state index contributed by atoms with van der Waals surface area (Å²) in [6.07, 6.45) is 0. The lowest BCUT2D eigenvalue weighted by atomic mass is 10.1. The van der Waals surface area contributed by atoms with Crippen molar-refractivity contribution in [3.8, 4) is 5.75 Å². The number of methoxy groups -OCH3 is 1. The van der Waals surface area contributed by atoms with Crippen molar-refractivity contribution in [2.24, 2.45) is 5.92 Å². The highest BCUT2D eigenvalue weighted by Crippen LogP contribution is 2.28. The highest BCUT2D eigenvalue weighted by molar-refractivity contribution is 7.80. The van der Waals surface area contributed by atoms with Crippen molar-refractivity contribution in [1.82, 2.24) is 4.90 Å². The number of rotatable bonds is 5. The molecule has 4 heteroatoms. The molecule has 0 saturated carbocycles. The van der Waals surface area contributed by atoms with E-state index in [0.717, 1.165) is 44.2 Å². The maximum absolute atomic E-state index is 5.44. The Kier molecular flexibility index (Phi) is 5.40. The Bertz CT molecular complexity index is 391. The van der Waals surface area contributed by atoms with E-state index in [9.17, 15) is 0 Å². The van der Waals surface area contributed by atoms with E-state index in [0.29, 0.717) is 5.92 Å². The standard InChI is InChI=1S/C15H24N2OS/c1-13(12-19)11-16-7-9-17(10-8-16)14-5-3-4-6-15(14)18-2/h3-6,13,19H,7-12H2,1-2H3. The third kappa shape index (κ3) is 3.80. The number of para-hydroxylation sites is 2. The van der Waals surface area contributed by atoms with Gasteiger partial charge >= 0.3 is 0 Å². The number of benzene rings is 1. The number of ether oxygens (including phenoxy) is 1. The van der Waals surface area contributed by atoms with E-state index >= 15 is 0 Å². The van der Waals surface area contributed by atoms with Crippen LogP contribution >= 0.6 is 12.6 Å². The summed E-state index contributed by atoms with van der Waals surface area (Å²) in [6, 6.07) is 8.27. The number of hydrogen-bond acceptors (Lipinski definition) is 4. The molecular weight excluding hydrogens is 256 g/mol. The second-order valence-electron chi connectivity index (χ2n) is 5.25. The Morgan fingerprint density at radius 3 is 2.53 bits per heavy atom. The number of thiol groups is 1. The van der Waals surface area contributed by atoms with Crippen molar-refractivity contribution in [2.75, 3.05) is 50.5 Å². The van der Waals surface area contributed by atoms with Crippen LogP contribution in [-0.4, -0.2) is 50.5 Å². The fourth-order valence-electron chi connectivity index (χ4n) is 2.56. The summed E-state index contributed by atoms with van der Waals surface area (Å²) in [6.45, 7) is 7.80. The summed E-state index contributed by atoms with van der Waals surface area (Å²) in [5.74, 6) is 2.60. The fourth-order valence-corrected chi connectivity index (χ4v) is 2.68. The Labute approximate surface area is 121 Å². The van der Waals surface area contributed by atoms with Crippen LogP contribution in [0.3, 0.4) is 0 Å². The average molecular weight is 280 g/mol. The van der Waals surface area contributed by atoms with Crippen LogP contribution in [-0.2, 0) is 0 Å². The van der Waals surface area contributed by atoms with Gasteiger partial charge < -0.3 is 9.64 Å². The first-order valence-electron chi connectivity index (χ1n) is 6.95. The molecule has 1 atom stereocenters. The molecule has 0 amide bonds. The molecule has 3 nitrogen and oxygen atoms in total. The van der Waals surface area contributed by atoms with E-state index in [1.165, 1.54) is 5.69 Å². The van der Waals surface area contributed by atoms with Gasteiger partial charge in [-0.2, -0.15) is 12.6 Å². The highest BCUT2D eigenvalue weighted by Gasteiger charge is 2.20. The molecule has 1 heterocycles. The van der Waals surface area contributed by atoms with Crippen LogP contribution in [0.15, 0.2) is 24.3 Å². The molecule has 0 radical (unpaired) electrons. The monoisotopic (exact) mass is 280 g/mol. The molecule has 106 valence electrons. The van der Waals surface area contributed by atoms with Gasteiger partial charge in [0.15, 0.2) is 0 Å². The summed E-state index contributed by atoms with van der Waals surface area (Å²) in [5, 5.41) is 0. The molecule has 2 rings (SSSR count). The third-order valence-corrected chi connectivity index (χ3v) is 4.30. The van der Waals surface area contributed by atoms with Crippen LogP contribution in [0.5, 0.6) is 5.75 Å². The molecule has 0 aromatic heterocycles. The van der Waals surface area contributed by atoms with Crippen molar-refractivity contribution >= 4 is 18.3 Å². The minimum absolute atomic E-state index is 0.668. The Balaban J connectivity index is 1.92. The quantitative estimate of drug-likeness (QED) is 0.834. The molecule has 19 heavy (non-hydrogen) atoms. The van der Waals surface area contributed by atoms with E-state index in [1.807, 2.05) is 12.1 Å². The van der Waals surface area contributed by atoms with E-state index in [-0.39, 0.29) is 0 Å². The van der Waals surface area contributed by atoms with Gasteiger partial charge in [0, 0.05) is 32.7 Å². The first-order valence-corrected chi connectivity index (χ1v) is 7.59. The maximum Gasteiger partial charge on any atom is 0.142 e. The first kappa shape index (κ1) is 14.5. The van der Waals surface area contributed by atoms with Crippen LogP contribution in [0.25, 0.3) is 0 Å². The van der Waals surface area contributed by atoms with Crippen molar-refractivity contribution in [3.05, 3.63) is 24.3 Å². The lowest BCUT2D eigenvalue weighted by Gasteiger charge is -2.37. The normalized spacial score (nSPS) is 18.4. The number of hydrogen-bond donors (Lipinski definition) is 1. The van der Waals surface area contributed by atoms with Gasteiger partial charge in [-0.15, -0.1) is 0 Å².